The third kappa shape index (κ3) is 15.2. The Morgan fingerprint density at radius 3 is 1.72 bits per heavy atom. The molecule has 0 aromatic rings. The third-order valence-corrected chi connectivity index (χ3v) is 5.99. The lowest BCUT2D eigenvalue weighted by molar-refractivity contribution is -0.136. The van der Waals surface area contributed by atoms with Crippen molar-refractivity contribution < 1.29 is 18.3 Å². The Bertz CT molecular complexity index is 454. The van der Waals surface area contributed by atoms with Crippen LogP contribution < -0.4 is 0 Å². The molecule has 0 aromatic heterocycles. The van der Waals surface area contributed by atoms with Crippen LogP contribution in [0.5, 0.6) is 0 Å². The Morgan fingerprint density at radius 1 is 0.840 bits per heavy atom. The van der Waals surface area contributed by atoms with Gasteiger partial charge in [-0.05, 0) is 32.1 Å². The number of rotatable bonds is 17. The number of unbranched alkanes of at least 4 members (excludes halogenated alkanes) is 11. The number of hydrogen-bond donors (Lipinski definition) is 1. The molecule has 0 heterocycles. The smallest absolute Gasteiger partial charge is 0.321 e. The van der Waals surface area contributed by atoms with Crippen molar-refractivity contribution in [3.8, 4) is 0 Å². The number of carbonyl (C=O) groups is 1. The fraction of sp³-hybridized carbons (Fsp3) is 0.850. The van der Waals surface area contributed by atoms with E-state index in [9.17, 15) is 13.2 Å². The molecule has 0 rings (SSSR count). The van der Waals surface area contributed by atoms with Crippen molar-refractivity contribution in [1.29, 1.82) is 0 Å². The molecule has 5 heteroatoms. The number of sulfone groups is 1. The zero-order valence-corrected chi connectivity index (χ0v) is 17.0. The van der Waals surface area contributed by atoms with E-state index in [0.717, 1.165) is 31.9 Å². The minimum atomic E-state index is -3.49. The Labute approximate surface area is 155 Å². The topological polar surface area (TPSA) is 71.4 Å². The van der Waals surface area contributed by atoms with Gasteiger partial charge in [-0.25, -0.2) is 8.42 Å². The summed E-state index contributed by atoms with van der Waals surface area (Å²) in [7, 11) is -3.49. The Kier molecular flexibility index (Phi) is 14.9. The fourth-order valence-corrected chi connectivity index (χ4v) is 3.88. The highest BCUT2D eigenvalue weighted by atomic mass is 32.2. The van der Waals surface area contributed by atoms with E-state index in [2.05, 4.69) is 19.1 Å². The summed E-state index contributed by atoms with van der Waals surface area (Å²) >= 11 is 0. The maximum absolute atomic E-state index is 11.4. The number of hydrogen-bond acceptors (Lipinski definition) is 3. The minimum Gasteiger partial charge on any atom is -0.480 e. The van der Waals surface area contributed by atoms with Gasteiger partial charge < -0.3 is 5.11 Å². The van der Waals surface area contributed by atoms with Crippen molar-refractivity contribution in [3.63, 3.8) is 0 Å². The second-order valence-electron chi connectivity index (χ2n) is 7.03. The molecule has 0 saturated heterocycles. The number of allylic oxidation sites excluding steroid dienone is 2. The van der Waals surface area contributed by atoms with Gasteiger partial charge in [-0.1, -0.05) is 76.9 Å². The van der Waals surface area contributed by atoms with Gasteiger partial charge in [0.2, 0.25) is 0 Å². The molecular weight excluding hydrogens is 336 g/mol. The minimum absolute atomic E-state index is 0.224. The highest BCUT2D eigenvalue weighted by Gasteiger charge is 2.27. The van der Waals surface area contributed by atoms with Crippen LogP contribution in [0.15, 0.2) is 12.2 Å². The van der Waals surface area contributed by atoms with Crippen LogP contribution in [-0.2, 0) is 14.6 Å². The average Bonchev–Trinajstić information content (AvgIpc) is 2.53. The Hall–Kier alpha value is -0.840. The van der Waals surface area contributed by atoms with Crippen LogP contribution >= 0.6 is 0 Å². The zero-order chi connectivity index (χ0) is 19.0. The number of aliphatic carboxylic acids is 1. The molecule has 0 amide bonds. The van der Waals surface area contributed by atoms with Gasteiger partial charge in [0.25, 0.3) is 0 Å². The van der Waals surface area contributed by atoms with Gasteiger partial charge in [0.15, 0.2) is 15.1 Å². The number of carboxylic acids is 1. The summed E-state index contributed by atoms with van der Waals surface area (Å²) in [5.41, 5.74) is 0. The van der Waals surface area contributed by atoms with Crippen LogP contribution in [0.4, 0.5) is 0 Å². The highest BCUT2D eigenvalue weighted by molar-refractivity contribution is 7.92. The van der Waals surface area contributed by atoms with Crippen molar-refractivity contribution >= 4 is 15.8 Å². The van der Waals surface area contributed by atoms with E-state index in [1.165, 1.54) is 51.4 Å². The molecule has 0 radical (unpaired) electrons. The maximum atomic E-state index is 11.4. The van der Waals surface area contributed by atoms with Crippen molar-refractivity contribution in [2.45, 2.75) is 102 Å². The van der Waals surface area contributed by atoms with E-state index in [1.807, 2.05) is 0 Å². The Balaban J connectivity index is 3.47. The van der Waals surface area contributed by atoms with Crippen LogP contribution in [-0.4, -0.2) is 31.0 Å². The lowest BCUT2D eigenvalue weighted by atomic mass is 10.1. The highest BCUT2D eigenvalue weighted by Crippen LogP contribution is 2.13. The molecule has 0 fully saturated rings. The largest absolute Gasteiger partial charge is 0.480 e. The van der Waals surface area contributed by atoms with Gasteiger partial charge in [0, 0.05) is 6.26 Å². The first-order valence-corrected chi connectivity index (χ1v) is 11.9. The van der Waals surface area contributed by atoms with Crippen LogP contribution in [0.25, 0.3) is 0 Å². The Morgan fingerprint density at radius 2 is 1.28 bits per heavy atom. The summed E-state index contributed by atoms with van der Waals surface area (Å²) in [5, 5.41) is 7.69. The second-order valence-corrected chi connectivity index (χ2v) is 9.26. The molecule has 0 aromatic carbocycles. The molecule has 25 heavy (non-hydrogen) atoms. The van der Waals surface area contributed by atoms with Crippen LogP contribution in [0, 0.1) is 0 Å². The molecule has 0 saturated carbocycles. The monoisotopic (exact) mass is 374 g/mol. The lowest BCUT2D eigenvalue weighted by Crippen LogP contribution is -2.29. The molecule has 0 spiro atoms. The van der Waals surface area contributed by atoms with Crippen LogP contribution in [0.2, 0.25) is 0 Å². The third-order valence-electron chi connectivity index (χ3n) is 4.52. The van der Waals surface area contributed by atoms with Crippen molar-refractivity contribution in [2.75, 3.05) is 6.26 Å². The number of carboxylic acid groups (broad SMARTS) is 1. The van der Waals surface area contributed by atoms with E-state index < -0.39 is 21.1 Å². The molecule has 0 aliphatic carbocycles. The first-order valence-electron chi connectivity index (χ1n) is 9.96. The standard InChI is InChI=1S/C20H38O4S/c1-3-4-5-6-7-8-9-10-11-12-13-14-15-16-17-18-19(20(21)22)25(2,23)24/h11-12,19H,3-10,13-18H2,1-2H3,(H,21,22). The predicted molar refractivity (Wildman–Crippen MR) is 106 cm³/mol. The van der Waals surface area contributed by atoms with E-state index in [1.54, 1.807) is 0 Å². The molecule has 1 N–H and O–H groups in total. The van der Waals surface area contributed by atoms with Crippen molar-refractivity contribution in [3.05, 3.63) is 12.2 Å². The fourth-order valence-electron chi connectivity index (χ4n) is 2.92. The predicted octanol–water partition coefficient (Wildman–Crippen LogP) is 5.52. The van der Waals surface area contributed by atoms with Gasteiger partial charge in [-0.2, -0.15) is 0 Å². The van der Waals surface area contributed by atoms with Crippen LogP contribution in [0.1, 0.15) is 96.8 Å². The molecule has 1 unspecified atom stereocenters. The summed E-state index contributed by atoms with van der Waals surface area (Å²) in [5.74, 6) is -1.23. The SMILES string of the molecule is CCCCCCCCCC=CCCCCCCC(C(=O)O)S(C)(=O)=O. The van der Waals surface area contributed by atoms with Crippen molar-refractivity contribution in [2.24, 2.45) is 0 Å². The zero-order valence-electron chi connectivity index (χ0n) is 16.2. The van der Waals surface area contributed by atoms with Gasteiger partial charge >= 0.3 is 5.97 Å². The summed E-state index contributed by atoms with van der Waals surface area (Å²) in [4.78, 5) is 10.9. The van der Waals surface area contributed by atoms with Crippen LogP contribution in [0.3, 0.4) is 0 Å². The summed E-state index contributed by atoms with van der Waals surface area (Å²) in [6.07, 6.45) is 21.0. The molecule has 1 atom stereocenters. The molecule has 4 nitrogen and oxygen atoms in total. The first-order chi connectivity index (χ1) is 11.9. The first kappa shape index (κ1) is 24.2. The second kappa shape index (κ2) is 15.4. The van der Waals surface area contributed by atoms with E-state index in [0.29, 0.717) is 6.42 Å². The van der Waals surface area contributed by atoms with Gasteiger partial charge in [-0.15, -0.1) is 0 Å². The van der Waals surface area contributed by atoms with Crippen molar-refractivity contribution in [1.82, 2.24) is 0 Å². The summed E-state index contributed by atoms with van der Waals surface area (Å²) in [6.45, 7) is 2.24. The lowest BCUT2D eigenvalue weighted by Gasteiger charge is -2.09. The molecule has 0 bridgehead atoms. The molecule has 0 aliphatic rings. The molecular formula is C20H38O4S. The average molecular weight is 375 g/mol. The van der Waals surface area contributed by atoms with Gasteiger partial charge in [-0.3, -0.25) is 4.79 Å². The van der Waals surface area contributed by atoms with E-state index in [4.69, 9.17) is 5.11 Å². The van der Waals surface area contributed by atoms with E-state index in [-0.39, 0.29) is 6.42 Å². The molecule has 148 valence electrons. The van der Waals surface area contributed by atoms with Gasteiger partial charge in [0.1, 0.15) is 0 Å². The maximum Gasteiger partial charge on any atom is 0.321 e. The van der Waals surface area contributed by atoms with E-state index >= 15 is 0 Å². The summed E-state index contributed by atoms with van der Waals surface area (Å²) in [6, 6.07) is 0. The van der Waals surface area contributed by atoms with Gasteiger partial charge in [0.05, 0.1) is 0 Å². The summed E-state index contributed by atoms with van der Waals surface area (Å²) < 4.78 is 22.7. The molecule has 0 aliphatic heterocycles. The normalized spacial score (nSPS) is 13.4. The quantitative estimate of drug-likeness (QED) is 0.269.